The van der Waals surface area contributed by atoms with E-state index in [4.69, 9.17) is 0 Å². The Morgan fingerprint density at radius 3 is 1.83 bits per heavy atom. The van der Waals surface area contributed by atoms with Gasteiger partial charge in [0.15, 0.2) is 5.78 Å². The molecule has 6 rings (SSSR count). The van der Waals surface area contributed by atoms with Crippen LogP contribution in [-0.4, -0.2) is 40.2 Å². The number of nitrogens with zero attached hydrogens (tertiary/aromatic N) is 2. The number of fused-ring (bicyclic) bond motifs is 3. The van der Waals surface area contributed by atoms with Gasteiger partial charge in [0, 0.05) is 5.92 Å². The molecule has 1 heterocycles. The molecular weight excluding hydrogens is 360 g/mol. The summed E-state index contributed by atoms with van der Waals surface area (Å²) in [5.41, 5.74) is 2.39. The van der Waals surface area contributed by atoms with E-state index in [1.807, 2.05) is 12.1 Å². The lowest BCUT2D eigenvalue weighted by Gasteiger charge is -2.58. The molecule has 1 saturated heterocycles. The molecule has 0 unspecified atom stereocenters. The number of ketones is 1. The summed E-state index contributed by atoms with van der Waals surface area (Å²) >= 11 is 0. The molecule has 2 bridgehead atoms. The van der Waals surface area contributed by atoms with E-state index in [9.17, 15) is 10.0 Å². The quantitative estimate of drug-likeness (QED) is 0.617. The molecule has 3 saturated carbocycles. The molecule has 0 aromatic heterocycles. The van der Waals surface area contributed by atoms with Gasteiger partial charge in [-0.2, -0.15) is 0 Å². The van der Waals surface area contributed by atoms with Crippen LogP contribution < -0.4 is 0 Å². The second-order valence-corrected chi connectivity index (χ2v) is 8.86. The van der Waals surface area contributed by atoms with Gasteiger partial charge in [-0.25, -0.2) is 0 Å². The Morgan fingerprint density at radius 1 is 0.828 bits per heavy atom. The zero-order valence-electron chi connectivity index (χ0n) is 16.7. The average Bonchev–Trinajstić information content (AvgIpc) is 2.80. The fourth-order valence-corrected chi connectivity index (χ4v) is 6.21. The number of hydrogen-bond donors (Lipinski definition) is 1. The maximum atomic E-state index is 13.7. The Hall–Kier alpha value is -2.46. The smallest absolute Gasteiger partial charge is 0.186 e. The van der Waals surface area contributed by atoms with Crippen molar-refractivity contribution < 1.29 is 10.0 Å². The van der Waals surface area contributed by atoms with E-state index in [0.717, 1.165) is 38.8 Å². The molecule has 1 N–H and O–H groups in total. The molecule has 4 aliphatic rings. The summed E-state index contributed by atoms with van der Waals surface area (Å²) < 4.78 is 0. The molecule has 0 radical (unpaired) electrons. The first-order chi connectivity index (χ1) is 14.2. The number of Topliss-reactive ketones (excluding diaryl/α,β-unsaturated/α-hetero) is 1. The number of benzene rings is 2. The fourth-order valence-electron chi connectivity index (χ4n) is 6.21. The van der Waals surface area contributed by atoms with Crippen molar-refractivity contribution in [3.05, 3.63) is 71.8 Å². The van der Waals surface area contributed by atoms with Gasteiger partial charge in [0.2, 0.25) is 0 Å². The number of likely N-dealkylation sites (tertiary alicyclic amines) is 1. The molecular formula is C25H28N2O2. The third-order valence-electron chi connectivity index (χ3n) is 7.48. The average molecular weight is 389 g/mol. The number of rotatable bonds is 3. The van der Waals surface area contributed by atoms with Crippen molar-refractivity contribution in [3.63, 3.8) is 0 Å². The van der Waals surface area contributed by atoms with Crippen molar-refractivity contribution in [2.24, 2.45) is 11.1 Å². The number of hydrogen-bond acceptors (Lipinski definition) is 4. The van der Waals surface area contributed by atoms with Crippen LogP contribution in [0.4, 0.5) is 0 Å². The van der Waals surface area contributed by atoms with Crippen LogP contribution in [0.2, 0.25) is 0 Å². The highest BCUT2D eigenvalue weighted by molar-refractivity contribution is 6.45. The maximum Gasteiger partial charge on any atom is 0.186 e. The van der Waals surface area contributed by atoms with Crippen molar-refractivity contribution in [1.82, 2.24) is 4.90 Å². The van der Waals surface area contributed by atoms with Crippen LogP contribution in [0.1, 0.15) is 55.1 Å². The Bertz CT molecular complexity index is 853. The van der Waals surface area contributed by atoms with Gasteiger partial charge in [-0.1, -0.05) is 72.2 Å². The molecule has 3 aliphatic carbocycles. The Labute approximate surface area is 172 Å². The minimum Gasteiger partial charge on any atom is -0.410 e. The SMILES string of the molecule is O=C1/C(=N/O)C2(N3CCCCC3)C[C@@H](c3ccccc3)C1[C@H](c1ccccc1)C2. The summed E-state index contributed by atoms with van der Waals surface area (Å²) in [5.74, 6) is 0.167. The van der Waals surface area contributed by atoms with Gasteiger partial charge in [0.1, 0.15) is 5.71 Å². The van der Waals surface area contributed by atoms with Crippen molar-refractivity contribution in [2.45, 2.75) is 49.5 Å². The van der Waals surface area contributed by atoms with Crippen molar-refractivity contribution in [2.75, 3.05) is 13.1 Å². The monoisotopic (exact) mass is 388 g/mol. The minimum atomic E-state index is -0.470. The van der Waals surface area contributed by atoms with Gasteiger partial charge >= 0.3 is 0 Å². The highest BCUT2D eigenvalue weighted by Gasteiger charge is 2.62. The van der Waals surface area contributed by atoms with E-state index >= 15 is 0 Å². The Balaban J connectivity index is 1.66. The van der Waals surface area contributed by atoms with Crippen molar-refractivity contribution in [3.8, 4) is 0 Å². The highest BCUT2D eigenvalue weighted by Crippen LogP contribution is 2.57. The summed E-state index contributed by atoms with van der Waals surface area (Å²) in [6.45, 7) is 1.94. The zero-order valence-corrected chi connectivity index (χ0v) is 16.7. The molecule has 4 nitrogen and oxygen atoms in total. The summed E-state index contributed by atoms with van der Waals surface area (Å²) in [5, 5.41) is 13.6. The Kier molecular flexibility index (Phi) is 4.75. The predicted molar refractivity (Wildman–Crippen MR) is 113 cm³/mol. The molecule has 150 valence electrons. The van der Waals surface area contributed by atoms with Crippen LogP contribution in [0.5, 0.6) is 0 Å². The third-order valence-corrected chi connectivity index (χ3v) is 7.48. The molecule has 29 heavy (non-hydrogen) atoms. The van der Waals surface area contributed by atoms with E-state index in [-0.39, 0.29) is 23.5 Å². The normalized spacial score (nSPS) is 33.9. The Morgan fingerprint density at radius 2 is 1.34 bits per heavy atom. The topological polar surface area (TPSA) is 52.9 Å². The number of oxime groups is 1. The van der Waals surface area contributed by atoms with Crippen LogP contribution in [-0.2, 0) is 4.79 Å². The molecule has 1 aliphatic heterocycles. The summed E-state index contributed by atoms with van der Waals surface area (Å²) in [4.78, 5) is 16.2. The second kappa shape index (κ2) is 7.42. The highest BCUT2D eigenvalue weighted by atomic mass is 16.4. The first-order valence-corrected chi connectivity index (χ1v) is 10.9. The van der Waals surface area contributed by atoms with Crippen molar-refractivity contribution >= 4 is 11.5 Å². The van der Waals surface area contributed by atoms with E-state index in [2.05, 4.69) is 58.6 Å². The standard InChI is InChI=1S/C25H28N2O2/c28-23-22-20(18-10-4-1-5-11-18)16-25(24(23)26-29,27-14-8-3-9-15-27)17-21(22)19-12-6-2-7-13-19/h1-2,4-7,10-13,20-22,29H,3,8-9,14-17H2/b26-24-/t20-,21-,22?,25?/m0/s1. The lowest BCUT2D eigenvalue weighted by atomic mass is 9.51. The number of piperidine rings is 1. The largest absolute Gasteiger partial charge is 0.410 e. The second-order valence-electron chi connectivity index (χ2n) is 8.86. The van der Waals surface area contributed by atoms with Gasteiger partial charge in [0.25, 0.3) is 0 Å². The van der Waals surface area contributed by atoms with E-state index in [0.29, 0.717) is 5.71 Å². The molecule has 0 spiro atoms. The van der Waals surface area contributed by atoms with Crippen LogP contribution >= 0.6 is 0 Å². The first-order valence-electron chi connectivity index (χ1n) is 10.9. The lowest BCUT2D eigenvalue weighted by molar-refractivity contribution is -0.124. The van der Waals surface area contributed by atoms with Gasteiger partial charge in [-0.05, 0) is 61.7 Å². The molecule has 2 atom stereocenters. The minimum absolute atomic E-state index is 0.0401. The first kappa shape index (κ1) is 18.6. The molecule has 0 amide bonds. The van der Waals surface area contributed by atoms with Gasteiger partial charge in [-0.3, -0.25) is 9.69 Å². The van der Waals surface area contributed by atoms with E-state index < -0.39 is 5.54 Å². The van der Waals surface area contributed by atoms with Crippen molar-refractivity contribution in [1.29, 1.82) is 0 Å². The number of carbonyl (C=O) groups is 1. The van der Waals surface area contributed by atoms with Crippen LogP contribution in [0.15, 0.2) is 65.8 Å². The molecule has 4 fully saturated rings. The molecule has 2 aromatic carbocycles. The van der Waals surface area contributed by atoms with Crippen LogP contribution in [0.3, 0.4) is 0 Å². The third kappa shape index (κ3) is 2.93. The fraction of sp³-hybridized carbons (Fsp3) is 0.440. The van der Waals surface area contributed by atoms with E-state index in [1.54, 1.807) is 0 Å². The molecule has 2 aromatic rings. The zero-order chi connectivity index (χ0) is 19.8. The maximum absolute atomic E-state index is 13.7. The van der Waals surface area contributed by atoms with E-state index in [1.165, 1.54) is 17.5 Å². The van der Waals surface area contributed by atoms with Gasteiger partial charge in [0.05, 0.1) is 5.54 Å². The van der Waals surface area contributed by atoms with Gasteiger partial charge in [-0.15, -0.1) is 0 Å². The van der Waals surface area contributed by atoms with Crippen LogP contribution in [0.25, 0.3) is 0 Å². The lowest BCUT2D eigenvalue weighted by Crippen LogP contribution is -2.68. The summed E-state index contributed by atoms with van der Waals surface area (Å²) in [6.07, 6.45) is 5.24. The predicted octanol–water partition coefficient (Wildman–Crippen LogP) is 4.60. The molecule has 4 heteroatoms. The number of carbonyl (C=O) groups excluding carboxylic acids is 1. The van der Waals surface area contributed by atoms with Gasteiger partial charge < -0.3 is 5.21 Å². The summed E-state index contributed by atoms with van der Waals surface area (Å²) in [6, 6.07) is 20.9. The van der Waals surface area contributed by atoms with Crippen LogP contribution in [0, 0.1) is 5.92 Å². The summed E-state index contributed by atoms with van der Waals surface area (Å²) in [7, 11) is 0.